The molecule has 148 valence electrons. The number of benzene rings is 2. The molecule has 0 bridgehead atoms. The van der Waals surface area contributed by atoms with Gasteiger partial charge in [-0.05, 0) is 79.9 Å². The minimum atomic E-state index is 0.00681. The van der Waals surface area contributed by atoms with E-state index in [2.05, 4.69) is 98.0 Å². The van der Waals surface area contributed by atoms with Gasteiger partial charge in [0.2, 0.25) is 0 Å². The molecule has 28 heavy (non-hydrogen) atoms. The van der Waals surface area contributed by atoms with Crippen LogP contribution < -0.4 is 5.73 Å². The second-order valence-corrected chi connectivity index (χ2v) is 8.88. The van der Waals surface area contributed by atoms with Crippen LogP contribution in [0.25, 0.3) is 11.3 Å². The molecular formula is C27H35N. The predicted octanol–water partition coefficient (Wildman–Crippen LogP) is 7.26. The summed E-state index contributed by atoms with van der Waals surface area (Å²) in [6.07, 6.45) is 0.941. The molecule has 2 aromatic carbocycles. The van der Waals surface area contributed by atoms with Crippen LogP contribution in [0, 0.1) is 20.8 Å². The van der Waals surface area contributed by atoms with E-state index in [1.807, 2.05) is 0 Å². The highest BCUT2D eigenvalue weighted by atomic mass is 14.6. The third-order valence-corrected chi connectivity index (χ3v) is 5.64. The molecule has 0 saturated carbocycles. The Morgan fingerprint density at radius 2 is 1.50 bits per heavy atom. The predicted molar refractivity (Wildman–Crippen MR) is 125 cm³/mol. The van der Waals surface area contributed by atoms with Crippen molar-refractivity contribution in [3.8, 4) is 0 Å². The fourth-order valence-corrected chi connectivity index (χ4v) is 3.83. The quantitative estimate of drug-likeness (QED) is 0.530. The normalized spacial score (nSPS) is 12.5. The lowest BCUT2D eigenvalue weighted by molar-refractivity contribution is 0.540. The van der Waals surface area contributed by atoms with Gasteiger partial charge in [0, 0.05) is 5.70 Å². The van der Waals surface area contributed by atoms with Gasteiger partial charge < -0.3 is 5.73 Å². The van der Waals surface area contributed by atoms with Crippen LogP contribution in [-0.4, -0.2) is 0 Å². The summed E-state index contributed by atoms with van der Waals surface area (Å²) < 4.78 is 0. The molecule has 0 saturated heterocycles. The number of aryl methyl sites for hydroxylation is 3. The van der Waals surface area contributed by atoms with Crippen molar-refractivity contribution in [3.05, 3.63) is 94.1 Å². The van der Waals surface area contributed by atoms with Crippen molar-refractivity contribution >= 4 is 11.3 Å². The Kier molecular flexibility index (Phi) is 6.39. The molecule has 0 atom stereocenters. The van der Waals surface area contributed by atoms with E-state index in [9.17, 15) is 0 Å². The maximum Gasteiger partial charge on any atom is 0.0317 e. The fraction of sp³-hybridized carbons (Fsp3) is 0.333. The number of hydrogen-bond donors (Lipinski definition) is 1. The van der Waals surface area contributed by atoms with Crippen LogP contribution in [0.1, 0.15) is 67.5 Å². The minimum absolute atomic E-state index is 0.00681. The maximum absolute atomic E-state index is 5.93. The van der Waals surface area contributed by atoms with Crippen molar-refractivity contribution in [2.75, 3.05) is 0 Å². The van der Waals surface area contributed by atoms with Gasteiger partial charge in [-0.25, -0.2) is 0 Å². The second kappa shape index (κ2) is 8.22. The third kappa shape index (κ3) is 4.84. The first-order valence-electron chi connectivity index (χ1n) is 9.92. The van der Waals surface area contributed by atoms with Crippen molar-refractivity contribution in [2.45, 2.75) is 60.3 Å². The highest BCUT2D eigenvalue weighted by Gasteiger charge is 2.25. The Bertz CT molecular complexity index is 934. The highest BCUT2D eigenvalue weighted by molar-refractivity contribution is 5.75. The van der Waals surface area contributed by atoms with Crippen LogP contribution in [0.15, 0.2) is 60.7 Å². The lowest BCUT2D eigenvalue weighted by atomic mass is 9.75. The fourth-order valence-electron chi connectivity index (χ4n) is 3.83. The summed E-state index contributed by atoms with van der Waals surface area (Å²) in [5.74, 6) is 0. The van der Waals surface area contributed by atoms with E-state index >= 15 is 0 Å². The van der Waals surface area contributed by atoms with Crippen molar-refractivity contribution in [1.82, 2.24) is 0 Å². The number of nitrogens with two attached hydrogens (primary N) is 1. The molecule has 0 heterocycles. The third-order valence-electron chi connectivity index (χ3n) is 5.64. The van der Waals surface area contributed by atoms with E-state index in [1.165, 1.54) is 33.4 Å². The molecule has 0 aliphatic heterocycles. The Morgan fingerprint density at radius 1 is 0.929 bits per heavy atom. The van der Waals surface area contributed by atoms with Crippen molar-refractivity contribution in [2.24, 2.45) is 5.73 Å². The molecule has 0 spiro atoms. The molecule has 2 N–H and O–H groups in total. The molecule has 0 aliphatic carbocycles. The molecule has 2 rings (SSSR count). The Hall–Kier alpha value is -2.54. The number of hydrogen-bond acceptors (Lipinski definition) is 1. The second-order valence-electron chi connectivity index (χ2n) is 8.88. The van der Waals surface area contributed by atoms with Crippen LogP contribution in [0.4, 0.5) is 0 Å². The standard InChI is InChI=1S/C27H35N/c1-17(2)21(6)26(23-10-11-25(22(7)28)20(5)15-23)16-27(8,9)24-13-18(3)12-19(4)14-24/h10-15H,1,7,16,28H2,2-6,8-9H3/b26-21-. The average Bonchev–Trinajstić information content (AvgIpc) is 2.57. The number of allylic oxidation sites excluding steroid dienone is 3. The summed E-state index contributed by atoms with van der Waals surface area (Å²) >= 11 is 0. The monoisotopic (exact) mass is 373 g/mol. The van der Waals surface area contributed by atoms with Gasteiger partial charge in [0.05, 0.1) is 0 Å². The summed E-state index contributed by atoms with van der Waals surface area (Å²) in [6.45, 7) is 23.5. The first-order chi connectivity index (χ1) is 12.9. The van der Waals surface area contributed by atoms with E-state index in [4.69, 9.17) is 5.73 Å². The van der Waals surface area contributed by atoms with Crippen LogP contribution in [0.2, 0.25) is 0 Å². The van der Waals surface area contributed by atoms with Gasteiger partial charge in [-0.2, -0.15) is 0 Å². The lowest BCUT2D eigenvalue weighted by Gasteiger charge is -2.29. The van der Waals surface area contributed by atoms with E-state index in [0.717, 1.165) is 23.1 Å². The van der Waals surface area contributed by atoms with Gasteiger partial charge in [-0.1, -0.05) is 80.1 Å². The molecule has 0 amide bonds. The molecule has 1 heteroatoms. The molecule has 2 aromatic rings. The first kappa shape index (κ1) is 21.8. The minimum Gasteiger partial charge on any atom is -0.399 e. The summed E-state index contributed by atoms with van der Waals surface area (Å²) in [5, 5.41) is 0. The van der Waals surface area contributed by atoms with Gasteiger partial charge in [0.25, 0.3) is 0 Å². The highest BCUT2D eigenvalue weighted by Crippen LogP contribution is 2.38. The molecule has 0 fully saturated rings. The molecule has 0 radical (unpaired) electrons. The Labute approximate surface area is 171 Å². The number of rotatable bonds is 6. The Morgan fingerprint density at radius 3 is 1.96 bits per heavy atom. The SMILES string of the molecule is C=C(C)/C(C)=C(/CC(C)(C)c1cc(C)cc(C)c1)c1ccc(C(=C)N)c(C)c1. The first-order valence-corrected chi connectivity index (χ1v) is 9.92. The molecular weight excluding hydrogens is 338 g/mol. The van der Waals surface area contributed by atoms with E-state index in [-0.39, 0.29) is 5.41 Å². The zero-order valence-electron chi connectivity index (χ0n) is 18.7. The van der Waals surface area contributed by atoms with Crippen LogP contribution >= 0.6 is 0 Å². The zero-order chi connectivity index (χ0) is 21.2. The molecule has 0 aromatic heterocycles. The van der Waals surface area contributed by atoms with Gasteiger partial charge in [0.15, 0.2) is 0 Å². The van der Waals surface area contributed by atoms with Crippen molar-refractivity contribution in [3.63, 3.8) is 0 Å². The van der Waals surface area contributed by atoms with Crippen LogP contribution in [0.3, 0.4) is 0 Å². The van der Waals surface area contributed by atoms with Gasteiger partial charge in [-0.3, -0.25) is 0 Å². The zero-order valence-corrected chi connectivity index (χ0v) is 18.7. The smallest absolute Gasteiger partial charge is 0.0317 e. The van der Waals surface area contributed by atoms with Crippen LogP contribution in [-0.2, 0) is 5.41 Å². The summed E-state index contributed by atoms with van der Waals surface area (Å²) in [4.78, 5) is 0. The summed E-state index contributed by atoms with van der Waals surface area (Å²) in [6, 6.07) is 13.3. The van der Waals surface area contributed by atoms with Crippen molar-refractivity contribution < 1.29 is 0 Å². The molecule has 1 nitrogen and oxygen atoms in total. The van der Waals surface area contributed by atoms with Crippen LogP contribution in [0.5, 0.6) is 0 Å². The summed E-state index contributed by atoms with van der Waals surface area (Å²) in [5.41, 5.74) is 17.7. The lowest BCUT2D eigenvalue weighted by Crippen LogP contribution is -2.19. The topological polar surface area (TPSA) is 26.0 Å². The van der Waals surface area contributed by atoms with E-state index in [1.54, 1.807) is 0 Å². The van der Waals surface area contributed by atoms with Gasteiger partial charge in [0.1, 0.15) is 0 Å². The molecule has 0 unspecified atom stereocenters. The molecule has 0 aliphatic rings. The van der Waals surface area contributed by atoms with Gasteiger partial charge in [-0.15, -0.1) is 0 Å². The summed E-state index contributed by atoms with van der Waals surface area (Å²) in [7, 11) is 0. The average molecular weight is 374 g/mol. The van der Waals surface area contributed by atoms with E-state index in [0.29, 0.717) is 5.70 Å². The van der Waals surface area contributed by atoms with Crippen molar-refractivity contribution in [1.29, 1.82) is 0 Å². The largest absolute Gasteiger partial charge is 0.399 e. The van der Waals surface area contributed by atoms with E-state index < -0.39 is 0 Å². The van der Waals surface area contributed by atoms with Gasteiger partial charge >= 0.3 is 0 Å². The Balaban J connectivity index is 2.57. The maximum atomic E-state index is 5.93.